The molecule has 158 valence electrons. The van der Waals surface area contributed by atoms with Gasteiger partial charge in [0.1, 0.15) is 6.54 Å². The number of halogens is 1. The quantitative estimate of drug-likeness (QED) is 0.463. The monoisotopic (exact) mass is 433 g/mol. The Labute approximate surface area is 185 Å². The van der Waals surface area contributed by atoms with Crippen LogP contribution in [0.15, 0.2) is 77.6 Å². The van der Waals surface area contributed by atoms with E-state index in [1.165, 1.54) is 0 Å². The lowest BCUT2D eigenvalue weighted by atomic mass is 10.1. The number of benzene rings is 3. The predicted molar refractivity (Wildman–Crippen MR) is 127 cm³/mol. The smallest absolute Gasteiger partial charge is 0.240 e. The first-order valence-corrected chi connectivity index (χ1v) is 10.5. The van der Waals surface area contributed by atoms with E-state index in [2.05, 4.69) is 5.32 Å². The molecule has 0 saturated heterocycles. The van der Waals surface area contributed by atoms with Gasteiger partial charge in [-0.05, 0) is 50.0 Å². The molecule has 0 spiro atoms. The lowest BCUT2D eigenvalue weighted by Crippen LogP contribution is -2.36. The lowest BCUT2D eigenvalue weighted by molar-refractivity contribution is -0.121. The molecule has 4 aromatic rings. The maximum Gasteiger partial charge on any atom is 0.240 e. The number of likely N-dealkylation sites (N-methyl/N-ethyl adjacent to an activating group) is 1. The first-order valence-electron chi connectivity index (χ1n) is 10.1. The Morgan fingerprint density at radius 3 is 2.06 bits per heavy atom. The third-order valence-electron chi connectivity index (χ3n) is 5.56. The van der Waals surface area contributed by atoms with Gasteiger partial charge in [-0.2, -0.15) is 0 Å². The topological polar surface area (TPSA) is 54.3 Å². The van der Waals surface area contributed by atoms with Gasteiger partial charge in [0, 0.05) is 22.3 Å². The molecule has 0 bridgehead atoms. The average molecular weight is 434 g/mol. The molecular weight excluding hydrogens is 410 g/mol. The molecule has 0 aliphatic rings. The number of pyridine rings is 1. The number of nitrogens with one attached hydrogen (secondary N) is 1. The van der Waals surface area contributed by atoms with E-state index in [4.69, 9.17) is 11.6 Å². The molecule has 1 amide bonds. The van der Waals surface area contributed by atoms with Gasteiger partial charge in [-0.15, -0.1) is 0 Å². The highest BCUT2D eigenvalue weighted by atomic mass is 35.5. The molecule has 1 unspecified atom stereocenters. The van der Waals surface area contributed by atoms with Crippen LogP contribution in [-0.2, 0) is 11.3 Å². The Morgan fingerprint density at radius 2 is 1.48 bits per heavy atom. The number of para-hydroxylation sites is 2. The second-order valence-corrected chi connectivity index (χ2v) is 8.16. The number of amides is 1. The third-order valence-corrected chi connectivity index (χ3v) is 5.91. The molecule has 0 aliphatic heterocycles. The van der Waals surface area contributed by atoms with Crippen LogP contribution >= 0.6 is 11.6 Å². The summed E-state index contributed by atoms with van der Waals surface area (Å²) in [4.78, 5) is 27.9. The predicted octanol–water partition coefficient (Wildman–Crippen LogP) is 4.23. The Kier molecular flexibility index (Phi) is 6.07. The van der Waals surface area contributed by atoms with Crippen molar-refractivity contribution in [2.45, 2.75) is 12.6 Å². The second kappa shape index (κ2) is 8.92. The third kappa shape index (κ3) is 4.20. The summed E-state index contributed by atoms with van der Waals surface area (Å²) >= 11 is 6.38. The molecule has 4 rings (SSSR count). The molecule has 3 aromatic carbocycles. The van der Waals surface area contributed by atoms with Gasteiger partial charge >= 0.3 is 0 Å². The van der Waals surface area contributed by atoms with Crippen LogP contribution in [0, 0.1) is 0 Å². The second-order valence-electron chi connectivity index (χ2n) is 7.75. The number of carbonyl (C=O) groups is 1. The summed E-state index contributed by atoms with van der Waals surface area (Å²) in [6.45, 7) is 0.537. The fraction of sp³-hybridized carbons (Fsp3) is 0.200. The van der Waals surface area contributed by atoms with Crippen LogP contribution in [0.25, 0.3) is 21.8 Å². The highest BCUT2D eigenvalue weighted by molar-refractivity contribution is 6.31. The molecule has 1 aromatic heterocycles. The van der Waals surface area contributed by atoms with Gasteiger partial charge in [0.25, 0.3) is 0 Å². The molecule has 31 heavy (non-hydrogen) atoms. The number of aromatic nitrogens is 1. The minimum atomic E-state index is -0.127. The van der Waals surface area contributed by atoms with E-state index in [0.29, 0.717) is 22.3 Å². The molecule has 0 fully saturated rings. The minimum Gasteiger partial charge on any atom is -0.353 e. The zero-order chi connectivity index (χ0) is 22.0. The van der Waals surface area contributed by atoms with E-state index in [1.807, 2.05) is 84.2 Å². The highest BCUT2D eigenvalue weighted by Gasteiger charge is 2.19. The number of fused-ring (bicyclic) bond motifs is 2. The maximum absolute atomic E-state index is 13.0. The molecule has 1 atom stereocenters. The van der Waals surface area contributed by atoms with Crippen molar-refractivity contribution in [1.29, 1.82) is 0 Å². The Hall–Kier alpha value is -3.15. The molecule has 0 radical (unpaired) electrons. The minimum absolute atomic E-state index is 0.0192. The molecule has 5 nitrogen and oxygen atoms in total. The van der Waals surface area contributed by atoms with Gasteiger partial charge < -0.3 is 14.8 Å². The summed E-state index contributed by atoms with van der Waals surface area (Å²) < 4.78 is 1.90. The van der Waals surface area contributed by atoms with Crippen LogP contribution in [0.4, 0.5) is 0 Å². The molecular formula is C25H24ClN3O2. The van der Waals surface area contributed by atoms with Crippen molar-refractivity contribution in [3.63, 3.8) is 0 Å². The summed E-state index contributed by atoms with van der Waals surface area (Å²) in [7, 11) is 3.92. The van der Waals surface area contributed by atoms with Crippen LogP contribution < -0.4 is 10.7 Å². The molecule has 1 heterocycles. The van der Waals surface area contributed by atoms with Crippen molar-refractivity contribution in [2.24, 2.45) is 0 Å². The summed E-state index contributed by atoms with van der Waals surface area (Å²) in [6, 6.07) is 22.4. The van der Waals surface area contributed by atoms with Crippen molar-refractivity contribution in [3.05, 3.63) is 93.6 Å². The summed E-state index contributed by atoms with van der Waals surface area (Å²) in [5.74, 6) is -0.127. The van der Waals surface area contributed by atoms with E-state index in [9.17, 15) is 9.59 Å². The van der Waals surface area contributed by atoms with Crippen LogP contribution in [-0.4, -0.2) is 36.0 Å². The van der Waals surface area contributed by atoms with Gasteiger partial charge in [0.05, 0.1) is 17.1 Å². The Bertz CT molecular complexity index is 1250. The molecule has 0 saturated carbocycles. The van der Waals surface area contributed by atoms with Gasteiger partial charge in [0.15, 0.2) is 5.43 Å². The summed E-state index contributed by atoms with van der Waals surface area (Å²) in [5.41, 5.74) is 2.44. The Balaban J connectivity index is 1.63. The maximum atomic E-state index is 13.0. The standard InChI is InChI=1S/C25H24ClN3O2/c1-28(2)23(17-9-3-6-12-20(17)26)15-27-24(30)16-29-21-13-7-4-10-18(21)25(31)19-11-5-8-14-22(19)29/h3-14,23H,15-16H2,1-2H3,(H,27,30). The number of hydrogen-bond donors (Lipinski definition) is 1. The van der Waals surface area contributed by atoms with Crippen LogP contribution in [0.3, 0.4) is 0 Å². The van der Waals surface area contributed by atoms with E-state index in [-0.39, 0.29) is 23.9 Å². The molecule has 0 aliphatic carbocycles. The summed E-state index contributed by atoms with van der Waals surface area (Å²) in [6.07, 6.45) is 0. The zero-order valence-electron chi connectivity index (χ0n) is 17.5. The fourth-order valence-corrected chi connectivity index (χ4v) is 4.23. The van der Waals surface area contributed by atoms with Gasteiger partial charge in [0.2, 0.25) is 5.91 Å². The van der Waals surface area contributed by atoms with Crippen molar-refractivity contribution in [2.75, 3.05) is 20.6 Å². The van der Waals surface area contributed by atoms with Gasteiger partial charge in [-0.3, -0.25) is 9.59 Å². The van der Waals surface area contributed by atoms with E-state index >= 15 is 0 Å². The lowest BCUT2D eigenvalue weighted by Gasteiger charge is -2.26. The summed E-state index contributed by atoms with van der Waals surface area (Å²) in [5, 5.41) is 4.93. The highest BCUT2D eigenvalue weighted by Crippen LogP contribution is 2.25. The number of hydrogen-bond acceptors (Lipinski definition) is 3. The average Bonchev–Trinajstić information content (AvgIpc) is 2.78. The number of carbonyl (C=O) groups excluding carboxylic acids is 1. The van der Waals surface area contributed by atoms with Crippen LogP contribution in [0.1, 0.15) is 11.6 Å². The zero-order valence-corrected chi connectivity index (χ0v) is 18.3. The molecule has 6 heteroatoms. The Morgan fingerprint density at radius 1 is 0.935 bits per heavy atom. The van der Waals surface area contributed by atoms with Crippen LogP contribution in [0.2, 0.25) is 5.02 Å². The van der Waals surface area contributed by atoms with Crippen molar-refractivity contribution < 1.29 is 4.79 Å². The van der Waals surface area contributed by atoms with E-state index in [0.717, 1.165) is 16.6 Å². The van der Waals surface area contributed by atoms with Gasteiger partial charge in [-0.1, -0.05) is 54.1 Å². The van der Waals surface area contributed by atoms with E-state index < -0.39 is 0 Å². The SMILES string of the molecule is CN(C)C(CNC(=O)Cn1c2ccccc2c(=O)c2ccccc21)c1ccccc1Cl. The fourth-order valence-electron chi connectivity index (χ4n) is 3.97. The first-order chi connectivity index (χ1) is 15.0. The number of nitrogens with zero attached hydrogens (tertiary/aromatic N) is 2. The van der Waals surface area contributed by atoms with Crippen molar-refractivity contribution in [1.82, 2.24) is 14.8 Å². The first kappa shape index (κ1) is 21.1. The largest absolute Gasteiger partial charge is 0.353 e. The van der Waals surface area contributed by atoms with Crippen LogP contribution in [0.5, 0.6) is 0 Å². The van der Waals surface area contributed by atoms with Crippen molar-refractivity contribution >= 4 is 39.3 Å². The van der Waals surface area contributed by atoms with E-state index in [1.54, 1.807) is 12.1 Å². The van der Waals surface area contributed by atoms with Crippen molar-refractivity contribution in [3.8, 4) is 0 Å². The van der Waals surface area contributed by atoms with Gasteiger partial charge in [-0.25, -0.2) is 0 Å². The molecule has 1 N–H and O–H groups in total. The normalized spacial score (nSPS) is 12.4. The number of rotatable bonds is 6.